The third kappa shape index (κ3) is 2.10. The van der Waals surface area contributed by atoms with Crippen molar-refractivity contribution in [1.82, 2.24) is 0 Å². The van der Waals surface area contributed by atoms with Gasteiger partial charge in [-0.15, -0.1) is 0 Å². The van der Waals surface area contributed by atoms with Gasteiger partial charge >= 0.3 is 0 Å². The van der Waals surface area contributed by atoms with Gasteiger partial charge in [0.05, 0.1) is 6.04 Å². The lowest BCUT2D eigenvalue weighted by atomic mass is 9.87. The number of rotatable bonds is 0. The summed E-state index contributed by atoms with van der Waals surface area (Å²) in [6.45, 7) is 8.51. The van der Waals surface area contributed by atoms with E-state index >= 15 is 0 Å². The summed E-state index contributed by atoms with van der Waals surface area (Å²) >= 11 is 0. The number of hydrogen-bond acceptors (Lipinski definition) is 1. The minimum absolute atomic E-state index is 0.125. The van der Waals surface area contributed by atoms with Crippen molar-refractivity contribution in [2.75, 3.05) is 0 Å². The van der Waals surface area contributed by atoms with Crippen LogP contribution in [0.25, 0.3) is 0 Å². The van der Waals surface area contributed by atoms with E-state index in [-0.39, 0.29) is 6.04 Å². The molecule has 0 spiro atoms. The van der Waals surface area contributed by atoms with E-state index in [1.54, 1.807) is 0 Å². The summed E-state index contributed by atoms with van der Waals surface area (Å²) in [5.74, 6) is 0. The fraction of sp³-hybridized carbons (Fsp3) is 0.500. The molecule has 1 aliphatic carbocycles. The maximum Gasteiger partial charge on any atom is 0.0515 e. The summed E-state index contributed by atoms with van der Waals surface area (Å²) in [5, 5.41) is 0. The first-order valence-electron chi connectivity index (χ1n) is 4.79. The van der Waals surface area contributed by atoms with Crippen LogP contribution in [0.2, 0.25) is 0 Å². The van der Waals surface area contributed by atoms with Crippen molar-refractivity contribution in [3.8, 4) is 0 Å². The van der Waals surface area contributed by atoms with Gasteiger partial charge in [0, 0.05) is 0 Å². The fourth-order valence-corrected chi connectivity index (χ4v) is 1.72. The van der Waals surface area contributed by atoms with Crippen molar-refractivity contribution in [1.29, 1.82) is 0 Å². The van der Waals surface area contributed by atoms with Crippen LogP contribution in [0.3, 0.4) is 0 Å². The molecule has 1 rings (SSSR count). The van der Waals surface area contributed by atoms with Gasteiger partial charge in [-0.2, -0.15) is 0 Å². The molecular weight excluding hydrogens is 158 g/mol. The summed E-state index contributed by atoms with van der Waals surface area (Å²) in [7, 11) is 0. The average Bonchev–Trinajstić information content (AvgIpc) is 2.03. The van der Waals surface area contributed by atoms with Crippen LogP contribution in [0.5, 0.6) is 0 Å². The van der Waals surface area contributed by atoms with Crippen LogP contribution in [0, 0.1) is 0 Å². The smallest absolute Gasteiger partial charge is 0.0515 e. The molecule has 1 unspecified atom stereocenters. The highest BCUT2D eigenvalue weighted by molar-refractivity contribution is 5.42. The Labute approximate surface area is 81.0 Å². The monoisotopic (exact) mass is 177 g/mol. The first-order valence-corrected chi connectivity index (χ1v) is 4.79. The first-order chi connectivity index (χ1) is 6.04. The van der Waals surface area contributed by atoms with Crippen LogP contribution in [-0.2, 0) is 0 Å². The van der Waals surface area contributed by atoms with Gasteiger partial charge in [0.2, 0.25) is 0 Å². The first kappa shape index (κ1) is 10.3. The Balaban J connectivity index is 3.11. The molecule has 0 saturated heterocycles. The molecular formula is C12H19N. The zero-order chi connectivity index (χ0) is 10.0. The normalized spacial score (nSPS) is 22.1. The lowest BCUT2D eigenvalue weighted by Crippen LogP contribution is -2.27. The van der Waals surface area contributed by atoms with Crippen LogP contribution in [-0.4, -0.2) is 6.04 Å². The molecule has 1 atom stereocenters. The Morgan fingerprint density at radius 1 is 1.23 bits per heavy atom. The number of hydrogen-bond donors (Lipinski definition) is 1. The minimum atomic E-state index is 0.125. The summed E-state index contributed by atoms with van der Waals surface area (Å²) in [6, 6.07) is 0.125. The van der Waals surface area contributed by atoms with Gasteiger partial charge in [-0.25, -0.2) is 0 Å². The topological polar surface area (TPSA) is 26.0 Å². The van der Waals surface area contributed by atoms with E-state index in [0.29, 0.717) is 0 Å². The average molecular weight is 177 g/mol. The Morgan fingerprint density at radius 2 is 1.85 bits per heavy atom. The summed E-state index contributed by atoms with van der Waals surface area (Å²) in [6.07, 6.45) is 5.38. The molecule has 0 radical (unpaired) electrons. The van der Waals surface area contributed by atoms with Gasteiger partial charge in [0.15, 0.2) is 0 Å². The van der Waals surface area contributed by atoms with E-state index in [4.69, 9.17) is 5.73 Å². The quantitative estimate of drug-likeness (QED) is 0.566. The van der Waals surface area contributed by atoms with Crippen molar-refractivity contribution >= 4 is 0 Å². The predicted octanol–water partition coefficient (Wildman–Crippen LogP) is 2.95. The second-order valence-electron chi connectivity index (χ2n) is 4.06. The molecule has 0 aromatic heterocycles. The standard InChI is InChI=1S/C12H19N/c1-8(2)10-6-5-7-11(9(3)4)12(10)13/h5-6,12H,7,13H2,1-4H3. The Bertz CT molecular complexity index is 284. The molecule has 0 fully saturated rings. The van der Waals surface area contributed by atoms with Crippen LogP contribution < -0.4 is 5.73 Å². The zero-order valence-electron chi connectivity index (χ0n) is 9.02. The molecule has 0 bridgehead atoms. The van der Waals surface area contributed by atoms with Crippen LogP contribution in [0.4, 0.5) is 0 Å². The molecule has 0 saturated carbocycles. The molecule has 0 aromatic rings. The van der Waals surface area contributed by atoms with E-state index in [9.17, 15) is 0 Å². The SMILES string of the molecule is CC(C)=C1C=CCC(=C(C)C)C1N. The summed E-state index contributed by atoms with van der Waals surface area (Å²) in [4.78, 5) is 0. The largest absolute Gasteiger partial charge is 0.321 e. The van der Waals surface area contributed by atoms with Gasteiger partial charge in [-0.05, 0) is 45.3 Å². The van der Waals surface area contributed by atoms with Crippen LogP contribution >= 0.6 is 0 Å². The van der Waals surface area contributed by atoms with Gasteiger partial charge in [-0.3, -0.25) is 0 Å². The van der Waals surface area contributed by atoms with E-state index in [1.165, 1.54) is 22.3 Å². The molecule has 13 heavy (non-hydrogen) atoms. The molecule has 1 nitrogen and oxygen atoms in total. The van der Waals surface area contributed by atoms with Crippen LogP contribution in [0.15, 0.2) is 34.4 Å². The number of allylic oxidation sites excluding steroid dienone is 3. The van der Waals surface area contributed by atoms with E-state index in [1.807, 2.05) is 0 Å². The van der Waals surface area contributed by atoms with Crippen molar-refractivity contribution in [2.24, 2.45) is 5.73 Å². The van der Waals surface area contributed by atoms with Crippen molar-refractivity contribution in [3.63, 3.8) is 0 Å². The van der Waals surface area contributed by atoms with Gasteiger partial charge < -0.3 is 5.73 Å². The highest BCUT2D eigenvalue weighted by atomic mass is 14.6. The lowest BCUT2D eigenvalue weighted by molar-refractivity contribution is 0.827. The Morgan fingerprint density at radius 3 is 2.31 bits per heavy atom. The maximum atomic E-state index is 6.16. The molecule has 0 amide bonds. The highest BCUT2D eigenvalue weighted by Gasteiger charge is 2.17. The summed E-state index contributed by atoms with van der Waals surface area (Å²) in [5.41, 5.74) is 11.5. The Kier molecular flexibility index (Phi) is 3.10. The Hall–Kier alpha value is -0.820. The van der Waals surface area contributed by atoms with Gasteiger partial charge in [0.1, 0.15) is 0 Å². The van der Waals surface area contributed by atoms with Crippen molar-refractivity contribution < 1.29 is 0 Å². The molecule has 0 heterocycles. The second-order valence-corrected chi connectivity index (χ2v) is 4.06. The fourth-order valence-electron chi connectivity index (χ4n) is 1.72. The third-order valence-corrected chi connectivity index (χ3v) is 2.57. The zero-order valence-corrected chi connectivity index (χ0v) is 9.02. The van der Waals surface area contributed by atoms with Crippen molar-refractivity contribution in [3.05, 3.63) is 34.4 Å². The molecule has 2 N–H and O–H groups in total. The van der Waals surface area contributed by atoms with Gasteiger partial charge in [-0.1, -0.05) is 23.3 Å². The predicted molar refractivity (Wildman–Crippen MR) is 58.5 cm³/mol. The van der Waals surface area contributed by atoms with Crippen LogP contribution in [0.1, 0.15) is 34.1 Å². The molecule has 0 aliphatic heterocycles. The molecule has 1 heteroatoms. The van der Waals surface area contributed by atoms with Gasteiger partial charge in [0.25, 0.3) is 0 Å². The maximum absolute atomic E-state index is 6.16. The second kappa shape index (κ2) is 3.93. The van der Waals surface area contributed by atoms with Crippen molar-refractivity contribution in [2.45, 2.75) is 40.2 Å². The number of nitrogens with two attached hydrogens (primary N) is 1. The third-order valence-electron chi connectivity index (χ3n) is 2.57. The van der Waals surface area contributed by atoms with E-state index in [0.717, 1.165) is 6.42 Å². The lowest BCUT2D eigenvalue weighted by Gasteiger charge is -2.23. The minimum Gasteiger partial charge on any atom is -0.321 e. The van der Waals surface area contributed by atoms with E-state index in [2.05, 4.69) is 39.8 Å². The highest BCUT2D eigenvalue weighted by Crippen LogP contribution is 2.25. The van der Waals surface area contributed by atoms with E-state index < -0.39 is 0 Å². The molecule has 1 aliphatic rings. The molecule has 0 aromatic carbocycles. The molecule has 72 valence electrons. The summed E-state index contributed by atoms with van der Waals surface area (Å²) < 4.78 is 0.